The number of carbonyl (C=O) groups excluding carboxylic acids is 1. The molecule has 8 nitrogen and oxygen atoms in total. The number of hydrogen-bond donors (Lipinski definition) is 0. The minimum absolute atomic E-state index is 0.160. The van der Waals surface area contributed by atoms with Crippen LogP contribution in [0.4, 0.5) is 0 Å². The molecule has 0 aliphatic carbocycles. The van der Waals surface area contributed by atoms with Crippen molar-refractivity contribution in [3.63, 3.8) is 0 Å². The molecule has 0 N–H and O–H groups in total. The zero-order valence-corrected chi connectivity index (χ0v) is 27.4. The minimum Gasteiger partial charge on any atom is -0.496 e. The van der Waals surface area contributed by atoms with Crippen molar-refractivity contribution in [2.24, 2.45) is 0 Å². The molecule has 1 unspecified atom stereocenters. The van der Waals surface area contributed by atoms with E-state index in [0.717, 1.165) is 19.4 Å². The zero-order chi connectivity index (χ0) is 29.7. The monoisotopic (exact) mass is 609 g/mol. The molecule has 0 saturated heterocycles. The molecule has 0 radical (unpaired) electrons. The molecule has 212 valence electrons. The predicted octanol–water partition coefficient (Wildman–Crippen LogP) is 4.93. The molecule has 0 bridgehead atoms. The van der Waals surface area contributed by atoms with Crippen molar-refractivity contribution < 1.29 is 22.2 Å². The van der Waals surface area contributed by atoms with Gasteiger partial charge in [0.2, 0.25) is 5.78 Å². The van der Waals surface area contributed by atoms with Crippen molar-refractivity contribution in [2.45, 2.75) is 62.7 Å². The average molecular weight is 610 g/mol. The number of ether oxygens (including phenoxy) is 1. The Labute approximate surface area is 240 Å². The Morgan fingerprint density at radius 2 is 1.59 bits per heavy atom. The van der Waals surface area contributed by atoms with Gasteiger partial charge in [-0.05, 0) is 66.4 Å². The molecule has 0 spiro atoms. The van der Waals surface area contributed by atoms with Crippen LogP contribution in [0.5, 0.6) is 5.75 Å². The molecule has 0 fully saturated rings. The summed E-state index contributed by atoms with van der Waals surface area (Å²) in [5.41, 5.74) is 1.82. The Kier molecular flexibility index (Phi) is 8.75. The van der Waals surface area contributed by atoms with E-state index in [-0.39, 0.29) is 26.8 Å². The number of aromatic nitrogens is 2. The predicted molar refractivity (Wildman–Crippen MR) is 159 cm³/mol. The summed E-state index contributed by atoms with van der Waals surface area (Å²) < 4.78 is 49.8. The van der Waals surface area contributed by atoms with Gasteiger partial charge in [0.25, 0.3) is 0 Å². The second-order valence-electron chi connectivity index (χ2n) is 11.2. The van der Waals surface area contributed by atoms with E-state index in [1.807, 2.05) is 47.7 Å². The number of aryl methyl sites for hydroxylation is 2. The van der Waals surface area contributed by atoms with E-state index in [2.05, 4.69) is 0 Å². The summed E-state index contributed by atoms with van der Waals surface area (Å²) in [5.74, 6) is 0.106. The maximum absolute atomic E-state index is 14.4. The first-order valence-electron chi connectivity index (χ1n) is 12.3. The van der Waals surface area contributed by atoms with E-state index in [1.54, 1.807) is 43.5 Å². The fraction of sp³-hybridized carbons (Fsp3) is 0.407. The SMILES string of the molecule is COc1c(C)cc(S(=O)c2c(C(=O)c3ccc(Cl)cc3)nc([Si](C)(C)C(C)(C)C)n2S(=O)(=O)N(C)C)cc1C. The molecule has 3 aromatic rings. The molecule has 12 heteroatoms. The van der Waals surface area contributed by atoms with Crippen molar-refractivity contribution in [2.75, 3.05) is 21.2 Å². The van der Waals surface area contributed by atoms with Gasteiger partial charge in [-0.1, -0.05) is 45.5 Å². The van der Waals surface area contributed by atoms with Crippen LogP contribution >= 0.6 is 11.6 Å². The van der Waals surface area contributed by atoms with Gasteiger partial charge >= 0.3 is 10.2 Å². The van der Waals surface area contributed by atoms with Crippen LogP contribution in [0.15, 0.2) is 46.3 Å². The first-order chi connectivity index (χ1) is 17.9. The largest absolute Gasteiger partial charge is 0.496 e. The van der Waals surface area contributed by atoms with Crippen molar-refractivity contribution in [1.82, 2.24) is 13.3 Å². The maximum atomic E-state index is 14.4. The summed E-state index contributed by atoms with van der Waals surface area (Å²) in [6.45, 7) is 13.7. The number of carbonyl (C=O) groups is 1. The second kappa shape index (κ2) is 10.9. The van der Waals surface area contributed by atoms with Gasteiger partial charge in [-0.15, -0.1) is 0 Å². The van der Waals surface area contributed by atoms with E-state index < -0.39 is 34.9 Å². The normalized spacial score (nSPS) is 13.5. The van der Waals surface area contributed by atoms with Gasteiger partial charge in [-0.2, -0.15) is 12.7 Å². The van der Waals surface area contributed by atoms with Crippen molar-refractivity contribution in [3.8, 4) is 5.75 Å². The quantitative estimate of drug-likeness (QED) is 0.265. The van der Waals surface area contributed by atoms with E-state index >= 15 is 0 Å². The third kappa shape index (κ3) is 5.65. The van der Waals surface area contributed by atoms with Gasteiger partial charge < -0.3 is 4.74 Å². The lowest BCUT2D eigenvalue weighted by molar-refractivity contribution is 0.103. The van der Waals surface area contributed by atoms with E-state index in [1.165, 1.54) is 14.1 Å². The van der Waals surface area contributed by atoms with Gasteiger partial charge in [0, 0.05) is 29.6 Å². The molecule has 0 aliphatic heterocycles. The fourth-order valence-electron chi connectivity index (χ4n) is 4.00. The molecular weight excluding hydrogens is 574 g/mol. The standard InChI is InChI=1S/C27H36ClN3O5S2Si/c1-17-15-21(16-18(2)24(17)36-8)37(33)25-22(23(32)19-11-13-20(28)14-12-19)29-26(39(9,10)27(3,4)5)31(25)38(34,35)30(6)7/h11-16H,1-10H3. The maximum Gasteiger partial charge on any atom is 0.309 e. The number of halogens is 1. The fourth-order valence-corrected chi connectivity index (χ4v) is 9.63. The third-order valence-corrected chi connectivity index (χ3v) is 16.1. The highest BCUT2D eigenvalue weighted by molar-refractivity contribution is 7.89. The highest BCUT2D eigenvalue weighted by Gasteiger charge is 2.46. The summed E-state index contributed by atoms with van der Waals surface area (Å²) in [6, 6.07) is 9.61. The number of ketones is 1. The molecule has 2 aromatic carbocycles. The lowest BCUT2D eigenvalue weighted by Gasteiger charge is -2.36. The minimum atomic E-state index is -4.24. The van der Waals surface area contributed by atoms with E-state index in [0.29, 0.717) is 15.7 Å². The molecule has 1 atom stereocenters. The zero-order valence-electron chi connectivity index (χ0n) is 24.0. The molecule has 1 heterocycles. The van der Waals surface area contributed by atoms with Gasteiger partial charge in [-0.25, -0.2) is 13.2 Å². The van der Waals surface area contributed by atoms with Gasteiger partial charge in [-0.3, -0.25) is 4.79 Å². The van der Waals surface area contributed by atoms with Crippen LogP contribution in [0.1, 0.15) is 48.0 Å². The summed E-state index contributed by atoms with van der Waals surface area (Å²) in [5, 5.41) is -0.0699. The first kappa shape index (κ1) is 31.2. The van der Waals surface area contributed by atoms with Crippen molar-refractivity contribution in [3.05, 3.63) is 63.8 Å². The van der Waals surface area contributed by atoms with Crippen LogP contribution in [0, 0.1) is 13.8 Å². The van der Waals surface area contributed by atoms with Gasteiger partial charge in [0.1, 0.15) is 35.8 Å². The molecule has 3 rings (SSSR count). The van der Waals surface area contributed by atoms with E-state index in [4.69, 9.17) is 21.3 Å². The number of nitrogens with zero attached hydrogens (tertiary/aromatic N) is 3. The highest BCUT2D eigenvalue weighted by atomic mass is 35.5. The third-order valence-electron chi connectivity index (χ3n) is 7.27. The number of hydrogen-bond acceptors (Lipinski definition) is 6. The van der Waals surface area contributed by atoms with Crippen molar-refractivity contribution >= 4 is 51.9 Å². The molecular formula is C27H36ClN3O5S2Si. The Morgan fingerprint density at radius 1 is 1.08 bits per heavy atom. The van der Waals surface area contributed by atoms with Crippen LogP contribution < -0.4 is 10.2 Å². The number of imidazole rings is 1. The average Bonchev–Trinajstić information content (AvgIpc) is 3.24. The Balaban J connectivity index is 2.51. The Morgan fingerprint density at radius 3 is 2.03 bits per heavy atom. The topological polar surface area (TPSA) is 98.6 Å². The number of rotatable bonds is 8. The van der Waals surface area contributed by atoms with Gasteiger partial charge in [0.05, 0.1) is 7.11 Å². The van der Waals surface area contributed by atoms with Crippen LogP contribution in [0.25, 0.3) is 0 Å². The number of benzene rings is 2. The molecule has 1 aromatic heterocycles. The first-order valence-corrected chi connectivity index (χ1v) is 18.2. The van der Waals surface area contributed by atoms with Crippen LogP contribution in [0.2, 0.25) is 23.2 Å². The van der Waals surface area contributed by atoms with Crippen LogP contribution in [0.3, 0.4) is 0 Å². The van der Waals surface area contributed by atoms with E-state index in [9.17, 15) is 17.4 Å². The summed E-state index contributed by atoms with van der Waals surface area (Å²) in [4.78, 5) is 19.0. The van der Waals surface area contributed by atoms with Crippen LogP contribution in [-0.2, 0) is 21.0 Å². The van der Waals surface area contributed by atoms with Crippen LogP contribution in [-0.4, -0.2) is 61.0 Å². The lowest BCUT2D eigenvalue weighted by Crippen LogP contribution is -2.56. The molecule has 0 amide bonds. The molecule has 39 heavy (non-hydrogen) atoms. The molecule has 0 saturated carbocycles. The second-order valence-corrected chi connectivity index (χ2v) is 20.2. The molecule has 0 aliphatic rings. The Hall–Kier alpha value is -2.31. The lowest BCUT2D eigenvalue weighted by atomic mass is 10.1. The number of methoxy groups -OCH3 is 1. The van der Waals surface area contributed by atoms with Gasteiger partial charge in [0.15, 0.2) is 5.03 Å². The smallest absolute Gasteiger partial charge is 0.309 e. The summed E-state index contributed by atoms with van der Waals surface area (Å²) in [7, 11) is -4.68. The van der Waals surface area contributed by atoms with Crippen molar-refractivity contribution in [1.29, 1.82) is 0 Å². The summed E-state index contributed by atoms with van der Waals surface area (Å²) >= 11 is 6.04. The summed E-state index contributed by atoms with van der Waals surface area (Å²) in [6.07, 6.45) is 0. The highest BCUT2D eigenvalue weighted by Crippen LogP contribution is 2.37. The Bertz CT molecular complexity index is 1530.